The number of hydrogen-bond donors (Lipinski definition) is 2. The topological polar surface area (TPSA) is 40.5 Å². The Labute approximate surface area is 129 Å². The maximum Gasteiger partial charge on any atom is 0.0596 e. The van der Waals surface area contributed by atoms with Gasteiger partial charge in [0.25, 0.3) is 0 Å². The van der Waals surface area contributed by atoms with Gasteiger partial charge in [-0.05, 0) is 92.3 Å². The second-order valence-corrected chi connectivity index (χ2v) is 9.22. The van der Waals surface area contributed by atoms with Crippen LogP contribution < -0.4 is 0 Å². The Bertz CT molecular complexity index is 422. The molecule has 0 saturated heterocycles. The summed E-state index contributed by atoms with van der Waals surface area (Å²) < 4.78 is 0. The van der Waals surface area contributed by atoms with Crippen LogP contribution in [0.25, 0.3) is 0 Å². The molecule has 4 rings (SSSR count). The number of aliphatic hydroxyl groups excluding tert-OH is 2. The molecule has 8 atom stereocenters. The molecule has 0 radical (unpaired) electrons. The van der Waals surface area contributed by atoms with Gasteiger partial charge in [0.05, 0.1) is 12.2 Å². The Morgan fingerprint density at radius 3 is 2.29 bits per heavy atom. The fourth-order valence-electron chi connectivity index (χ4n) is 7.21. The molecule has 2 nitrogen and oxygen atoms in total. The lowest BCUT2D eigenvalue weighted by molar-refractivity contribution is -0.133. The van der Waals surface area contributed by atoms with Crippen molar-refractivity contribution in [3.8, 4) is 0 Å². The largest absolute Gasteiger partial charge is 0.393 e. The summed E-state index contributed by atoms with van der Waals surface area (Å²) in [5.74, 6) is 3.21. The standard InChI is InChI=1S/C19H32O2/c1-18-9-7-13(20)11-12(18)3-4-14-15-5-6-17(21)19(15,2)10-8-16(14)18/h12-17,20-21H,3-11H2,1-2H3/t12-,13?,14+,15+,16+,17?,18+,19+/m1/s1. The number of fused-ring (bicyclic) bond motifs is 5. The minimum Gasteiger partial charge on any atom is -0.393 e. The molecule has 0 bridgehead atoms. The second kappa shape index (κ2) is 4.71. The van der Waals surface area contributed by atoms with E-state index in [9.17, 15) is 10.2 Å². The molecule has 0 aromatic heterocycles. The second-order valence-electron chi connectivity index (χ2n) is 9.22. The molecule has 0 amide bonds. The smallest absolute Gasteiger partial charge is 0.0596 e. The average molecular weight is 292 g/mol. The highest BCUT2D eigenvalue weighted by molar-refractivity contribution is 5.09. The lowest BCUT2D eigenvalue weighted by atomic mass is 9.45. The molecule has 2 N–H and O–H groups in total. The summed E-state index contributed by atoms with van der Waals surface area (Å²) >= 11 is 0. The lowest BCUT2D eigenvalue weighted by Gasteiger charge is -2.60. The molecule has 0 aromatic rings. The van der Waals surface area contributed by atoms with Gasteiger partial charge in [0.15, 0.2) is 0 Å². The Kier molecular flexibility index (Phi) is 3.25. The van der Waals surface area contributed by atoms with Crippen molar-refractivity contribution in [1.29, 1.82) is 0 Å². The van der Waals surface area contributed by atoms with E-state index in [2.05, 4.69) is 13.8 Å². The van der Waals surface area contributed by atoms with Crippen LogP contribution in [0.15, 0.2) is 0 Å². The molecule has 4 aliphatic rings. The molecule has 0 aliphatic heterocycles. The van der Waals surface area contributed by atoms with Crippen molar-refractivity contribution in [3.63, 3.8) is 0 Å². The van der Waals surface area contributed by atoms with Crippen molar-refractivity contribution >= 4 is 0 Å². The van der Waals surface area contributed by atoms with Crippen molar-refractivity contribution in [1.82, 2.24) is 0 Å². The van der Waals surface area contributed by atoms with Gasteiger partial charge in [-0.15, -0.1) is 0 Å². The molecule has 0 aromatic carbocycles. The zero-order valence-electron chi connectivity index (χ0n) is 13.7. The normalized spacial score (nSPS) is 60.0. The first-order chi connectivity index (χ1) is 9.95. The van der Waals surface area contributed by atoms with Crippen LogP contribution >= 0.6 is 0 Å². The van der Waals surface area contributed by atoms with E-state index in [1.165, 1.54) is 38.5 Å². The number of rotatable bonds is 0. The minimum atomic E-state index is -0.0536. The van der Waals surface area contributed by atoms with E-state index in [0.29, 0.717) is 5.41 Å². The maximum atomic E-state index is 10.5. The Hall–Kier alpha value is -0.0800. The van der Waals surface area contributed by atoms with Crippen molar-refractivity contribution in [2.24, 2.45) is 34.5 Å². The molecule has 4 saturated carbocycles. The fourth-order valence-corrected chi connectivity index (χ4v) is 7.21. The number of aliphatic hydroxyl groups is 2. The van der Waals surface area contributed by atoms with Gasteiger partial charge in [0, 0.05) is 0 Å². The minimum absolute atomic E-state index is 0.0400. The zero-order chi connectivity index (χ0) is 14.8. The monoisotopic (exact) mass is 292 g/mol. The molecule has 0 spiro atoms. The van der Waals surface area contributed by atoms with E-state index < -0.39 is 0 Å². The van der Waals surface area contributed by atoms with Gasteiger partial charge < -0.3 is 10.2 Å². The van der Waals surface area contributed by atoms with Gasteiger partial charge >= 0.3 is 0 Å². The van der Waals surface area contributed by atoms with Crippen molar-refractivity contribution in [3.05, 3.63) is 0 Å². The van der Waals surface area contributed by atoms with Crippen LogP contribution in [0.4, 0.5) is 0 Å². The van der Waals surface area contributed by atoms with Crippen LogP contribution in [-0.4, -0.2) is 22.4 Å². The van der Waals surface area contributed by atoms with E-state index in [-0.39, 0.29) is 17.6 Å². The molecule has 21 heavy (non-hydrogen) atoms. The predicted octanol–water partition coefficient (Wildman–Crippen LogP) is 3.75. The first-order valence-electron chi connectivity index (χ1n) is 9.31. The van der Waals surface area contributed by atoms with Crippen molar-refractivity contribution < 1.29 is 10.2 Å². The highest BCUT2D eigenvalue weighted by Crippen LogP contribution is 2.66. The fraction of sp³-hybridized carbons (Fsp3) is 1.00. The highest BCUT2D eigenvalue weighted by Gasteiger charge is 2.59. The summed E-state index contributed by atoms with van der Waals surface area (Å²) in [4.78, 5) is 0. The third-order valence-electron chi connectivity index (χ3n) is 8.59. The van der Waals surface area contributed by atoms with E-state index in [1.807, 2.05) is 0 Å². The molecular formula is C19H32O2. The van der Waals surface area contributed by atoms with Crippen LogP contribution in [0.1, 0.15) is 71.6 Å². The summed E-state index contributed by atoms with van der Waals surface area (Å²) in [5, 5.41) is 20.5. The molecule has 4 aliphatic carbocycles. The average Bonchev–Trinajstić information content (AvgIpc) is 2.76. The predicted molar refractivity (Wildman–Crippen MR) is 83.7 cm³/mol. The van der Waals surface area contributed by atoms with Gasteiger partial charge in [-0.2, -0.15) is 0 Å². The highest BCUT2D eigenvalue weighted by atomic mass is 16.3. The summed E-state index contributed by atoms with van der Waals surface area (Å²) in [6.45, 7) is 4.90. The van der Waals surface area contributed by atoms with Crippen LogP contribution in [0.2, 0.25) is 0 Å². The zero-order valence-corrected chi connectivity index (χ0v) is 13.7. The van der Waals surface area contributed by atoms with E-state index in [0.717, 1.165) is 42.9 Å². The summed E-state index contributed by atoms with van der Waals surface area (Å²) in [6.07, 6.45) is 10.7. The van der Waals surface area contributed by atoms with Crippen molar-refractivity contribution in [2.45, 2.75) is 83.8 Å². The van der Waals surface area contributed by atoms with E-state index in [1.54, 1.807) is 0 Å². The number of hydrogen-bond acceptors (Lipinski definition) is 2. The van der Waals surface area contributed by atoms with Crippen LogP contribution in [-0.2, 0) is 0 Å². The van der Waals surface area contributed by atoms with E-state index in [4.69, 9.17) is 0 Å². The maximum absolute atomic E-state index is 10.5. The molecule has 2 unspecified atom stereocenters. The molecule has 4 fully saturated rings. The summed E-state index contributed by atoms with van der Waals surface area (Å²) in [7, 11) is 0. The van der Waals surface area contributed by atoms with Gasteiger partial charge in [0.2, 0.25) is 0 Å². The van der Waals surface area contributed by atoms with Crippen LogP contribution in [0.3, 0.4) is 0 Å². The first-order valence-corrected chi connectivity index (χ1v) is 9.31. The summed E-state index contributed by atoms with van der Waals surface area (Å²) in [6, 6.07) is 0. The van der Waals surface area contributed by atoms with Crippen molar-refractivity contribution in [2.75, 3.05) is 0 Å². The van der Waals surface area contributed by atoms with E-state index >= 15 is 0 Å². The van der Waals surface area contributed by atoms with Gasteiger partial charge in [-0.25, -0.2) is 0 Å². The molecule has 0 heterocycles. The third kappa shape index (κ3) is 1.91. The van der Waals surface area contributed by atoms with Crippen LogP contribution in [0, 0.1) is 34.5 Å². The molecular weight excluding hydrogens is 260 g/mol. The van der Waals surface area contributed by atoms with Gasteiger partial charge in [0.1, 0.15) is 0 Å². The Morgan fingerprint density at radius 2 is 1.48 bits per heavy atom. The van der Waals surface area contributed by atoms with Gasteiger partial charge in [-0.1, -0.05) is 13.8 Å². The quantitative estimate of drug-likeness (QED) is 0.714. The summed E-state index contributed by atoms with van der Waals surface area (Å²) in [5.41, 5.74) is 0.676. The SMILES string of the molecule is C[C@]12CCC(O)C[C@H]1CC[C@@H]1[C@@H]2CC[C@]2(C)C(O)CC[C@@H]12. The first kappa shape index (κ1) is 14.5. The molecule has 2 heteroatoms. The third-order valence-corrected chi connectivity index (χ3v) is 8.59. The Balaban J connectivity index is 1.62. The lowest BCUT2D eigenvalue weighted by Crippen LogP contribution is -2.54. The van der Waals surface area contributed by atoms with Gasteiger partial charge in [-0.3, -0.25) is 0 Å². The van der Waals surface area contributed by atoms with Crippen LogP contribution in [0.5, 0.6) is 0 Å². The molecule has 120 valence electrons. The Morgan fingerprint density at radius 1 is 0.762 bits per heavy atom.